The first-order valence-corrected chi connectivity index (χ1v) is 9.06. The van der Waals surface area contributed by atoms with E-state index in [-0.39, 0.29) is 66.1 Å². The van der Waals surface area contributed by atoms with E-state index >= 15 is 0 Å². The monoisotopic (exact) mass is 443 g/mol. The van der Waals surface area contributed by atoms with Crippen LogP contribution in [-0.2, 0) is 13.2 Å². The predicted octanol–water partition coefficient (Wildman–Crippen LogP) is 4.28. The fourth-order valence-corrected chi connectivity index (χ4v) is 2.74. The topological polar surface area (TPSA) is 118 Å². The number of rotatable bonds is 8. The minimum atomic E-state index is -0.725. The third kappa shape index (κ3) is 5.57. The summed E-state index contributed by atoms with van der Waals surface area (Å²) in [7, 11) is 0. The lowest BCUT2D eigenvalue weighted by Crippen LogP contribution is -2.11. The molecule has 0 aliphatic heterocycles. The molecule has 0 saturated heterocycles. The highest BCUT2D eigenvalue weighted by molar-refractivity contribution is 5.95. The maximum Gasteiger partial charge on any atom is 0.165 e. The van der Waals surface area contributed by atoms with Crippen LogP contribution in [0.25, 0.3) is 0 Å². The Bertz CT molecular complexity index is 1070. The lowest BCUT2D eigenvalue weighted by atomic mass is 10.1. The van der Waals surface area contributed by atoms with Crippen molar-refractivity contribution in [2.24, 2.45) is 11.5 Å². The number of hydrogen-bond acceptors (Lipinski definition) is 4. The number of benzene rings is 3. The number of amidine groups is 2. The zero-order chi connectivity index (χ0) is 22.5. The molecule has 0 radical (unpaired) electrons. The van der Waals surface area contributed by atoms with Crippen LogP contribution in [0.3, 0.4) is 0 Å². The number of ether oxygens (including phenoxy) is 2. The molecule has 0 bridgehead atoms. The Morgan fingerprint density at radius 3 is 1.47 bits per heavy atom. The molecule has 0 saturated carbocycles. The summed E-state index contributed by atoms with van der Waals surface area (Å²) >= 11 is 0. The van der Waals surface area contributed by atoms with Crippen molar-refractivity contribution in [2.45, 2.75) is 13.2 Å². The molecule has 3 rings (SSSR count). The van der Waals surface area contributed by atoms with E-state index in [2.05, 4.69) is 0 Å². The van der Waals surface area contributed by atoms with Gasteiger partial charge >= 0.3 is 0 Å². The van der Waals surface area contributed by atoms with Crippen LogP contribution in [0, 0.1) is 35.7 Å². The molecule has 0 heterocycles. The van der Waals surface area contributed by atoms with Gasteiger partial charge in [-0.1, -0.05) is 18.2 Å². The number of nitrogens with two attached hydrogens (primary N) is 2. The first kappa shape index (κ1) is 24.3. The molecule has 6 nitrogen and oxygen atoms in total. The van der Waals surface area contributed by atoms with E-state index in [9.17, 15) is 13.2 Å². The Morgan fingerprint density at radius 1 is 0.719 bits per heavy atom. The van der Waals surface area contributed by atoms with Crippen LogP contribution < -0.4 is 20.9 Å². The molecule has 9 heteroatoms. The average Bonchev–Trinajstić information content (AvgIpc) is 2.73. The smallest absolute Gasteiger partial charge is 0.165 e. The van der Waals surface area contributed by atoms with E-state index in [0.29, 0.717) is 0 Å². The summed E-state index contributed by atoms with van der Waals surface area (Å²) in [6, 6.07) is 12.1. The minimum Gasteiger partial charge on any atom is -0.486 e. The van der Waals surface area contributed by atoms with E-state index in [1.54, 1.807) is 6.07 Å². The van der Waals surface area contributed by atoms with Gasteiger partial charge in [-0.25, -0.2) is 13.2 Å². The number of nitrogens with one attached hydrogen (secondary N) is 2. The molecule has 0 fully saturated rings. The molecule has 32 heavy (non-hydrogen) atoms. The second-order valence-electron chi connectivity index (χ2n) is 6.59. The number of nitrogen functional groups attached to an aromatic ring is 2. The van der Waals surface area contributed by atoms with E-state index in [0.717, 1.165) is 12.1 Å². The Labute approximate surface area is 183 Å². The van der Waals surface area contributed by atoms with Gasteiger partial charge < -0.3 is 28.4 Å². The van der Waals surface area contributed by atoms with E-state index in [1.165, 1.54) is 36.4 Å². The molecular weight excluding hydrogens is 421 g/mol. The van der Waals surface area contributed by atoms with Crippen molar-refractivity contribution in [1.82, 2.24) is 0 Å². The van der Waals surface area contributed by atoms with E-state index < -0.39 is 17.5 Å². The summed E-state index contributed by atoms with van der Waals surface area (Å²) in [5.74, 6) is -2.86. The third-order valence-corrected chi connectivity index (χ3v) is 4.41. The molecule has 168 valence electrons. The average molecular weight is 443 g/mol. The first-order valence-electron chi connectivity index (χ1n) is 9.06. The SMILES string of the molecule is N=C(N)c1ccc(OCc2cccc(COc3ccc(C(=N)N)cc3F)c2F)c(F)c1.[CH3-]. The van der Waals surface area contributed by atoms with Gasteiger partial charge in [0, 0.05) is 22.3 Å². The van der Waals surface area contributed by atoms with Crippen LogP contribution >= 0.6 is 0 Å². The zero-order valence-corrected chi connectivity index (χ0v) is 17.2. The quantitative estimate of drug-likeness (QED) is 0.236. The molecular formula is C23H22F3N4O2-. The van der Waals surface area contributed by atoms with Gasteiger partial charge in [0.25, 0.3) is 0 Å². The zero-order valence-electron chi connectivity index (χ0n) is 17.2. The highest BCUT2D eigenvalue weighted by atomic mass is 19.1. The standard InChI is InChI=1S/C22H19F3N4O2.CH3/c23-16-8-12(21(26)27)4-6-18(16)30-10-14-2-1-3-15(20(14)25)11-31-19-7-5-13(22(28)29)9-17(19)24;/h1-9H,10-11H2,(H3,26,27)(H3,28,29);1H3/q;-1. The second kappa shape index (κ2) is 10.3. The van der Waals surface area contributed by atoms with E-state index in [4.69, 9.17) is 31.8 Å². The molecule has 0 amide bonds. The Balaban J connectivity index is 0.00000363. The van der Waals surface area contributed by atoms with Gasteiger partial charge in [0.05, 0.1) is 0 Å². The fourth-order valence-electron chi connectivity index (χ4n) is 2.74. The lowest BCUT2D eigenvalue weighted by Gasteiger charge is -2.12. The van der Waals surface area contributed by atoms with Crippen molar-refractivity contribution < 1.29 is 22.6 Å². The van der Waals surface area contributed by atoms with Crippen molar-refractivity contribution in [2.75, 3.05) is 0 Å². The summed E-state index contributed by atoms with van der Waals surface area (Å²) in [4.78, 5) is 0. The summed E-state index contributed by atoms with van der Waals surface area (Å²) < 4.78 is 53.6. The predicted molar refractivity (Wildman–Crippen MR) is 116 cm³/mol. The van der Waals surface area contributed by atoms with Gasteiger partial charge in [0.1, 0.15) is 30.7 Å². The molecule has 0 unspecified atom stereocenters. The summed E-state index contributed by atoms with van der Waals surface area (Å²) in [6.45, 7) is -0.505. The van der Waals surface area contributed by atoms with Gasteiger partial charge in [-0.2, -0.15) is 0 Å². The van der Waals surface area contributed by atoms with Crippen LogP contribution in [0.15, 0.2) is 54.6 Å². The minimum absolute atomic E-state index is 0. The van der Waals surface area contributed by atoms with Crippen molar-refractivity contribution in [3.63, 3.8) is 0 Å². The fraction of sp³-hybridized carbons (Fsp3) is 0.0870. The van der Waals surface area contributed by atoms with Gasteiger partial charge in [-0.3, -0.25) is 10.8 Å². The van der Waals surface area contributed by atoms with Crippen molar-refractivity contribution in [3.05, 3.63) is 102 Å². The van der Waals surface area contributed by atoms with E-state index in [1.807, 2.05) is 0 Å². The molecule has 0 aliphatic carbocycles. The molecule has 3 aromatic rings. The maximum atomic E-state index is 14.8. The van der Waals surface area contributed by atoms with Crippen LogP contribution in [-0.4, -0.2) is 11.7 Å². The van der Waals surface area contributed by atoms with Crippen molar-refractivity contribution >= 4 is 11.7 Å². The molecule has 6 N–H and O–H groups in total. The van der Waals surface area contributed by atoms with Crippen LogP contribution in [0.1, 0.15) is 22.3 Å². The van der Waals surface area contributed by atoms with Gasteiger partial charge in [0.2, 0.25) is 0 Å². The van der Waals surface area contributed by atoms with Gasteiger partial charge in [-0.05, 0) is 36.4 Å². The van der Waals surface area contributed by atoms with Crippen LogP contribution in [0.4, 0.5) is 13.2 Å². The maximum absolute atomic E-state index is 14.8. The van der Waals surface area contributed by atoms with Gasteiger partial charge in [0.15, 0.2) is 23.1 Å². The Morgan fingerprint density at radius 2 is 1.12 bits per heavy atom. The lowest BCUT2D eigenvalue weighted by molar-refractivity contribution is 0.274. The van der Waals surface area contributed by atoms with Gasteiger partial charge in [-0.15, -0.1) is 0 Å². The summed E-state index contributed by atoms with van der Waals surface area (Å²) in [5.41, 5.74) is 11.3. The van der Waals surface area contributed by atoms with Crippen molar-refractivity contribution in [1.29, 1.82) is 10.8 Å². The molecule has 0 aromatic heterocycles. The van der Waals surface area contributed by atoms with Crippen LogP contribution in [0.5, 0.6) is 11.5 Å². The first-order chi connectivity index (χ1) is 14.8. The molecule has 0 atom stereocenters. The molecule has 0 aliphatic rings. The molecule has 3 aromatic carbocycles. The highest BCUT2D eigenvalue weighted by Crippen LogP contribution is 2.23. The number of halogens is 3. The Hall–Kier alpha value is -4.01. The normalized spacial score (nSPS) is 10.2. The number of hydrogen-bond donors (Lipinski definition) is 4. The van der Waals surface area contributed by atoms with Crippen LogP contribution in [0.2, 0.25) is 0 Å². The van der Waals surface area contributed by atoms with Crippen molar-refractivity contribution in [3.8, 4) is 11.5 Å². The second-order valence-corrected chi connectivity index (χ2v) is 6.59. The summed E-state index contributed by atoms with van der Waals surface area (Å²) in [5, 5.41) is 14.6. The largest absolute Gasteiger partial charge is 0.486 e. The highest BCUT2D eigenvalue weighted by Gasteiger charge is 2.13. The molecule has 0 spiro atoms. The summed E-state index contributed by atoms with van der Waals surface area (Å²) in [6.07, 6.45) is 0. The third-order valence-electron chi connectivity index (χ3n) is 4.41. The Kier molecular flexibility index (Phi) is 7.84.